The summed E-state index contributed by atoms with van der Waals surface area (Å²) in [5, 5.41) is 6.97. The molecule has 0 spiro atoms. The molecule has 0 heterocycles. The van der Waals surface area contributed by atoms with Crippen molar-refractivity contribution in [2.24, 2.45) is 5.73 Å². The van der Waals surface area contributed by atoms with E-state index in [1.807, 2.05) is 0 Å². The normalized spacial score (nSPS) is 18.0. The van der Waals surface area contributed by atoms with E-state index in [1.54, 1.807) is 0 Å². The summed E-state index contributed by atoms with van der Waals surface area (Å²) in [5.41, 5.74) is 5.68. The van der Waals surface area contributed by atoms with Crippen LogP contribution in [-0.4, -0.2) is 11.5 Å². The zero-order chi connectivity index (χ0) is 6.85. The molecule has 0 aromatic rings. The van der Waals surface area contributed by atoms with Gasteiger partial charge < -0.3 is 5.73 Å². The van der Waals surface area contributed by atoms with Crippen molar-refractivity contribution in [1.29, 1.82) is 5.41 Å². The summed E-state index contributed by atoms with van der Waals surface area (Å²) < 4.78 is 0. The van der Waals surface area contributed by atoms with Crippen LogP contribution < -0.4 is 5.73 Å². The highest BCUT2D eigenvalue weighted by atomic mass is 16.1. The van der Waals surface area contributed by atoms with Crippen LogP contribution in [0.25, 0.3) is 0 Å². The number of nitrogens with one attached hydrogen (secondary N) is 1. The van der Waals surface area contributed by atoms with E-state index >= 15 is 0 Å². The van der Waals surface area contributed by atoms with Gasteiger partial charge in [-0.3, -0.25) is 10.2 Å². The third kappa shape index (κ3) is 1.05. The fourth-order valence-electron chi connectivity index (χ4n) is 0.548. The summed E-state index contributed by atoms with van der Waals surface area (Å²) in [7, 11) is 0. The molecule has 46 valence electrons. The maximum absolute atomic E-state index is 10.5. The molecule has 9 heavy (non-hydrogen) atoms. The van der Waals surface area contributed by atoms with E-state index in [0.29, 0.717) is 5.70 Å². The second kappa shape index (κ2) is 1.85. The van der Waals surface area contributed by atoms with E-state index in [0.717, 1.165) is 0 Å². The van der Waals surface area contributed by atoms with Gasteiger partial charge in [0.1, 0.15) is 5.71 Å². The molecule has 0 aliphatic heterocycles. The Morgan fingerprint density at radius 1 is 1.44 bits per heavy atom. The van der Waals surface area contributed by atoms with Crippen LogP contribution in [0.5, 0.6) is 0 Å². The molecule has 3 nitrogen and oxygen atoms in total. The number of hydrogen-bond donors (Lipinski definition) is 2. The maximum atomic E-state index is 10.5. The molecular formula is C6H6N2O. The number of allylic oxidation sites excluding steroid dienone is 3. The molecule has 1 rings (SSSR count). The van der Waals surface area contributed by atoms with Crippen molar-refractivity contribution < 1.29 is 4.79 Å². The van der Waals surface area contributed by atoms with Gasteiger partial charge in [-0.1, -0.05) is 0 Å². The predicted molar refractivity (Wildman–Crippen MR) is 34.1 cm³/mol. The smallest absolute Gasteiger partial charge is 0.203 e. The van der Waals surface area contributed by atoms with Gasteiger partial charge in [0.05, 0.1) is 0 Å². The quantitative estimate of drug-likeness (QED) is 0.443. The van der Waals surface area contributed by atoms with Gasteiger partial charge in [0.2, 0.25) is 5.78 Å². The van der Waals surface area contributed by atoms with Crippen molar-refractivity contribution in [3.8, 4) is 0 Å². The lowest BCUT2D eigenvalue weighted by Gasteiger charge is -1.98. The van der Waals surface area contributed by atoms with Crippen LogP contribution in [-0.2, 0) is 4.79 Å². The summed E-state index contributed by atoms with van der Waals surface area (Å²) in [4.78, 5) is 10.5. The average molecular weight is 122 g/mol. The molecule has 0 atom stereocenters. The van der Waals surface area contributed by atoms with Gasteiger partial charge in [0, 0.05) is 5.70 Å². The van der Waals surface area contributed by atoms with Gasteiger partial charge in [-0.05, 0) is 18.2 Å². The maximum Gasteiger partial charge on any atom is 0.203 e. The van der Waals surface area contributed by atoms with Crippen LogP contribution in [0.4, 0.5) is 0 Å². The fourth-order valence-corrected chi connectivity index (χ4v) is 0.548. The van der Waals surface area contributed by atoms with Gasteiger partial charge in [0.15, 0.2) is 0 Å². The molecule has 1 aliphatic rings. The van der Waals surface area contributed by atoms with Gasteiger partial charge in [-0.2, -0.15) is 0 Å². The lowest BCUT2D eigenvalue weighted by molar-refractivity contribution is -0.108. The molecule has 0 saturated heterocycles. The topological polar surface area (TPSA) is 66.9 Å². The van der Waals surface area contributed by atoms with Crippen LogP contribution in [0, 0.1) is 5.41 Å². The molecule has 3 N–H and O–H groups in total. The Balaban J connectivity index is 2.95. The molecule has 0 aromatic heterocycles. The second-order valence-corrected chi connectivity index (χ2v) is 1.76. The van der Waals surface area contributed by atoms with Crippen LogP contribution in [0.1, 0.15) is 0 Å². The van der Waals surface area contributed by atoms with E-state index in [1.165, 1.54) is 18.2 Å². The van der Waals surface area contributed by atoms with E-state index in [9.17, 15) is 4.79 Å². The summed E-state index contributed by atoms with van der Waals surface area (Å²) >= 11 is 0. The van der Waals surface area contributed by atoms with E-state index < -0.39 is 0 Å². The molecule has 0 bridgehead atoms. The zero-order valence-corrected chi connectivity index (χ0v) is 4.72. The Morgan fingerprint density at radius 3 is 2.56 bits per heavy atom. The first-order valence-corrected chi connectivity index (χ1v) is 2.48. The molecule has 3 heteroatoms. The summed E-state index contributed by atoms with van der Waals surface area (Å²) in [6, 6.07) is 0. The fraction of sp³-hybridized carbons (Fsp3) is 0. The second-order valence-electron chi connectivity index (χ2n) is 1.76. The summed E-state index contributed by atoms with van der Waals surface area (Å²) in [6.07, 6.45) is 4.11. The SMILES string of the molecule is N=C1C=C(N)C=CC1=O. The first-order valence-electron chi connectivity index (χ1n) is 2.48. The number of carbonyl (C=O) groups is 1. The third-order valence-electron chi connectivity index (χ3n) is 1.00. The summed E-state index contributed by atoms with van der Waals surface area (Å²) in [6.45, 7) is 0. The number of nitrogens with two attached hydrogens (primary N) is 1. The lowest BCUT2D eigenvalue weighted by Crippen LogP contribution is -2.13. The Bertz CT molecular complexity index is 225. The molecule has 0 radical (unpaired) electrons. The molecule has 0 aromatic carbocycles. The Labute approximate surface area is 52.4 Å². The minimum atomic E-state index is -0.288. The molecule has 0 amide bonds. The van der Waals surface area contributed by atoms with E-state index in [4.69, 9.17) is 11.1 Å². The number of carbonyl (C=O) groups excluding carboxylic acids is 1. The van der Waals surface area contributed by atoms with Crippen molar-refractivity contribution in [2.75, 3.05) is 0 Å². The van der Waals surface area contributed by atoms with Gasteiger partial charge in [-0.15, -0.1) is 0 Å². The standard InChI is InChI=1S/C6H6N2O/c7-4-1-2-6(9)5(8)3-4/h1-3,8H,7H2. The molecule has 0 fully saturated rings. The minimum Gasteiger partial charge on any atom is -0.399 e. The van der Waals surface area contributed by atoms with Gasteiger partial charge >= 0.3 is 0 Å². The Hall–Kier alpha value is -1.38. The van der Waals surface area contributed by atoms with Crippen LogP contribution in [0.15, 0.2) is 23.9 Å². The van der Waals surface area contributed by atoms with Crippen LogP contribution in [0.2, 0.25) is 0 Å². The first kappa shape index (κ1) is 5.75. The third-order valence-corrected chi connectivity index (χ3v) is 1.00. The highest BCUT2D eigenvalue weighted by molar-refractivity contribution is 6.47. The number of rotatable bonds is 0. The monoisotopic (exact) mass is 122 g/mol. The van der Waals surface area contributed by atoms with Crippen molar-refractivity contribution in [2.45, 2.75) is 0 Å². The van der Waals surface area contributed by atoms with Gasteiger partial charge in [-0.25, -0.2) is 0 Å². The number of hydrogen-bond acceptors (Lipinski definition) is 3. The average Bonchev–Trinajstić information content (AvgIpc) is 1.80. The highest BCUT2D eigenvalue weighted by Gasteiger charge is 2.06. The minimum absolute atomic E-state index is 0.0463. The summed E-state index contributed by atoms with van der Waals surface area (Å²) in [5.74, 6) is -0.288. The largest absolute Gasteiger partial charge is 0.399 e. The molecule has 1 aliphatic carbocycles. The predicted octanol–water partition coefficient (Wildman–Crippen LogP) is -0.0123. The Kier molecular flexibility index (Phi) is 1.18. The van der Waals surface area contributed by atoms with Crippen molar-refractivity contribution in [3.05, 3.63) is 23.9 Å². The Morgan fingerprint density at radius 2 is 2.11 bits per heavy atom. The number of ketones is 1. The van der Waals surface area contributed by atoms with Crippen LogP contribution >= 0.6 is 0 Å². The zero-order valence-electron chi connectivity index (χ0n) is 4.72. The van der Waals surface area contributed by atoms with Crippen molar-refractivity contribution >= 4 is 11.5 Å². The van der Waals surface area contributed by atoms with E-state index in [2.05, 4.69) is 0 Å². The lowest BCUT2D eigenvalue weighted by atomic mass is 10.1. The van der Waals surface area contributed by atoms with Crippen molar-refractivity contribution in [1.82, 2.24) is 0 Å². The molecular weight excluding hydrogens is 116 g/mol. The first-order chi connectivity index (χ1) is 4.20. The van der Waals surface area contributed by atoms with Gasteiger partial charge in [0.25, 0.3) is 0 Å². The highest BCUT2D eigenvalue weighted by Crippen LogP contribution is 1.97. The van der Waals surface area contributed by atoms with E-state index in [-0.39, 0.29) is 11.5 Å². The molecule has 0 unspecified atom stereocenters. The molecule has 0 saturated carbocycles. The van der Waals surface area contributed by atoms with Crippen molar-refractivity contribution in [3.63, 3.8) is 0 Å². The van der Waals surface area contributed by atoms with Crippen LogP contribution in [0.3, 0.4) is 0 Å².